The molecular formula is C17H22N4O3. The van der Waals surface area contributed by atoms with Gasteiger partial charge >= 0.3 is 5.69 Å². The lowest BCUT2D eigenvalue weighted by Crippen LogP contribution is -2.40. The van der Waals surface area contributed by atoms with Gasteiger partial charge in [-0.3, -0.25) is 14.3 Å². The number of aryl methyl sites for hydroxylation is 1. The van der Waals surface area contributed by atoms with E-state index in [0.717, 1.165) is 36.1 Å². The van der Waals surface area contributed by atoms with Gasteiger partial charge in [-0.25, -0.2) is 9.78 Å². The molecule has 1 fully saturated rings. The minimum atomic E-state index is -0.381. The third-order valence-corrected chi connectivity index (χ3v) is 4.50. The molecule has 0 radical (unpaired) electrons. The SMILES string of the molecule is Cc1cccnc1OCC1CCN(c2cc(=O)n(C)c(=O)[nH]2)CC1. The molecule has 1 aliphatic heterocycles. The highest BCUT2D eigenvalue weighted by molar-refractivity contribution is 5.37. The van der Waals surface area contributed by atoms with Crippen molar-refractivity contribution in [3.05, 3.63) is 50.8 Å². The number of ether oxygens (including phenoxy) is 1. The van der Waals surface area contributed by atoms with Gasteiger partial charge in [-0.15, -0.1) is 0 Å². The third kappa shape index (κ3) is 3.50. The lowest BCUT2D eigenvalue weighted by molar-refractivity contribution is 0.214. The van der Waals surface area contributed by atoms with Crippen LogP contribution < -0.4 is 20.9 Å². The average molecular weight is 330 g/mol. The molecule has 128 valence electrons. The number of piperidine rings is 1. The van der Waals surface area contributed by atoms with Crippen molar-refractivity contribution in [3.63, 3.8) is 0 Å². The molecule has 0 atom stereocenters. The molecule has 3 rings (SSSR count). The quantitative estimate of drug-likeness (QED) is 0.907. The molecule has 0 saturated carbocycles. The predicted molar refractivity (Wildman–Crippen MR) is 91.7 cm³/mol. The molecule has 24 heavy (non-hydrogen) atoms. The van der Waals surface area contributed by atoms with E-state index >= 15 is 0 Å². The number of rotatable bonds is 4. The van der Waals surface area contributed by atoms with Crippen LogP contribution in [-0.2, 0) is 7.05 Å². The molecule has 0 unspecified atom stereocenters. The molecule has 1 saturated heterocycles. The first-order chi connectivity index (χ1) is 11.5. The number of nitrogens with zero attached hydrogens (tertiary/aromatic N) is 3. The van der Waals surface area contributed by atoms with Gasteiger partial charge in [0.2, 0.25) is 5.88 Å². The maximum absolute atomic E-state index is 11.7. The van der Waals surface area contributed by atoms with Gasteiger partial charge in [0.05, 0.1) is 6.61 Å². The number of hydrogen-bond acceptors (Lipinski definition) is 5. The number of aromatic amines is 1. The maximum atomic E-state index is 11.7. The summed E-state index contributed by atoms with van der Waals surface area (Å²) < 4.78 is 6.90. The fourth-order valence-electron chi connectivity index (χ4n) is 2.87. The molecule has 1 aliphatic rings. The van der Waals surface area contributed by atoms with Crippen molar-refractivity contribution < 1.29 is 4.74 Å². The summed E-state index contributed by atoms with van der Waals surface area (Å²) in [6.07, 6.45) is 3.63. The molecular weight excluding hydrogens is 308 g/mol. The molecule has 7 nitrogen and oxygen atoms in total. The molecule has 0 bridgehead atoms. The lowest BCUT2D eigenvalue weighted by atomic mass is 9.98. The van der Waals surface area contributed by atoms with Crippen molar-refractivity contribution in [2.24, 2.45) is 13.0 Å². The van der Waals surface area contributed by atoms with Gasteiger partial charge in [0.15, 0.2) is 0 Å². The largest absolute Gasteiger partial charge is 0.477 e. The third-order valence-electron chi connectivity index (χ3n) is 4.50. The molecule has 2 aromatic heterocycles. The standard InChI is InChI=1S/C17H22N4O3/c1-12-4-3-7-18-16(12)24-11-13-5-8-21(9-6-13)14-10-15(22)20(2)17(23)19-14/h3-4,7,10,13H,5-6,8-9,11H2,1-2H3,(H,19,23). The van der Waals surface area contributed by atoms with Crippen LogP contribution in [0, 0.1) is 12.8 Å². The zero-order valence-corrected chi connectivity index (χ0v) is 14.0. The van der Waals surface area contributed by atoms with Crippen LogP contribution in [0.2, 0.25) is 0 Å². The summed E-state index contributed by atoms with van der Waals surface area (Å²) in [5.74, 6) is 1.74. The van der Waals surface area contributed by atoms with Crippen LogP contribution in [0.25, 0.3) is 0 Å². The van der Waals surface area contributed by atoms with Crippen LogP contribution in [0.4, 0.5) is 5.82 Å². The van der Waals surface area contributed by atoms with Crippen molar-refractivity contribution in [1.29, 1.82) is 0 Å². The summed E-state index contributed by atoms with van der Waals surface area (Å²) >= 11 is 0. The van der Waals surface area contributed by atoms with Gasteiger partial charge in [-0.1, -0.05) is 6.07 Å². The van der Waals surface area contributed by atoms with Gasteiger partial charge in [-0.05, 0) is 31.7 Å². The Balaban J connectivity index is 1.57. The van der Waals surface area contributed by atoms with E-state index in [0.29, 0.717) is 24.2 Å². The van der Waals surface area contributed by atoms with Crippen LogP contribution in [0.5, 0.6) is 5.88 Å². The number of aromatic nitrogens is 3. The first-order valence-electron chi connectivity index (χ1n) is 8.14. The molecule has 7 heteroatoms. The Hall–Kier alpha value is -2.57. The topological polar surface area (TPSA) is 80.2 Å². The highest BCUT2D eigenvalue weighted by Gasteiger charge is 2.21. The molecule has 0 aliphatic carbocycles. The van der Waals surface area contributed by atoms with Gasteiger partial charge in [0.25, 0.3) is 5.56 Å². The van der Waals surface area contributed by atoms with Gasteiger partial charge in [-0.2, -0.15) is 0 Å². The van der Waals surface area contributed by atoms with E-state index in [2.05, 4.69) is 9.97 Å². The van der Waals surface area contributed by atoms with Crippen molar-refractivity contribution in [3.8, 4) is 5.88 Å². The summed E-state index contributed by atoms with van der Waals surface area (Å²) in [7, 11) is 1.47. The van der Waals surface area contributed by atoms with E-state index in [1.807, 2.05) is 24.0 Å². The highest BCUT2D eigenvalue weighted by atomic mass is 16.5. The Morgan fingerprint density at radius 1 is 1.33 bits per heavy atom. The fourth-order valence-corrected chi connectivity index (χ4v) is 2.87. The summed E-state index contributed by atoms with van der Waals surface area (Å²) in [6.45, 7) is 4.20. The first kappa shape index (κ1) is 16.3. The Morgan fingerprint density at radius 2 is 2.08 bits per heavy atom. The van der Waals surface area contributed by atoms with Gasteiger partial charge in [0, 0.05) is 38.0 Å². The monoisotopic (exact) mass is 330 g/mol. The molecule has 0 aromatic carbocycles. The van der Waals surface area contributed by atoms with Crippen molar-refractivity contribution in [2.75, 3.05) is 24.6 Å². The Morgan fingerprint density at radius 3 is 2.75 bits per heavy atom. The van der Waals surface area contributed by atoms with Gasteiger partial charge in [0.1, 0.15) is 5.82 Å². The number of pyridine rings is 1. The number of H-pyrrole nitrogens is 1. The lowest BCUT2D eigenvalue weighted by Gasteiger charge is -2.32. The highest BCUT2D eigenvalue weighted by Crippen LogP contribution is 2.22. The zero-order valence-electron chi connectivity index (χ0n) is 14.0. The van der Waals surface area contributed by atoms with Crippen molar-refractivity contribution in [2.45, 2.75) is 19.8 Å². The number of nitrogens with one attached hydrogen (secondary N) is 1. The summed E-state index contributed by atoms with van der Waals surface area (Å²) in [5.41, 5.74) is 0.367. The second-order valence-corrected chi connectivity index (χ2v) is 6.22. The predicted octanol–water partition coefficient (Wildman–Crippen LogP) is 1.07. The van der Waals surface area contributed by atoms with Crippen LogP contribution in [0.15, 0.2) is 34.0 Å². The van der Waals surface area contributed by atoms with E-state index in [4.69, 9.17) is 4.74 Å². The minimum Gasteiger partial charge on any atom is -0.477 e. The maximum Gasteiger partial charge on any atom is 0.329 e. The van der Waals surface area contributed by atoms with Crippen LogP contribution >= 0.6 is 0 Å². The fraction of sp³-hybridized carbons (Fsp3) is 0.471. The van der Waals surface area contributed by atoms with E-state index in [9.17, 15) is 9.59 Å². The Labute approximate surface area is 139 Å². The number of anilines is 1. The second-order valence-electron chi connectivity index (χ2n) is 6.22. The molecule has 0 spiro atoms. The molecule has 3 heterocycles. The normalized spacial score (nSPS) is 15.5. The molecule has 0 amide bonds. The summed E-state index contributed by atoms with van der Waals surface area (Å²) in [5, 5.41) is 0. The van der Waals surface area contributed by atoms with Crippen LogP contribution in [-0.4, -0.2) is 34.2 Å². The van der Waals surface area contributed by atoms with E-state index in [-0.39, 0.29) is 11.2 Å². The smallest absolute Gasteiger partial charge is 0.329 e. The zero-order chi connectivity index (χ0) is 17.1. The first-order valence-corrected chi connectivity index (χ1v) is 8.14. The average Bonchev–Trinajstić information content (AvgIpc) is 2.59. The molecule has 1 N–H and O–H groups in total. The van der Waals surface area contributed by atoms with Crippen molar-refractivity contribution in [1.82, 2.24) is 14.5 Å². The molecule has 2 aromatic rings. The van der Waals surface area contributed by atoms with Crippen LogP contribution in [0.1, 0.15) is 18.4 Å². The Bertz CT molecular complexity index is 788. The van der Waals surface area contributed by atoms with E-state index < -0.39 is 0 Å². The minimum absolute atomic E-state index is 0.287. The van der Waals surface area contributed by atoms with E-state index in [1.54, 1.807) is 6.20 Å². The Kier molecular flexibility index (Phi) is 4.69. The number of hydrogen-bond donors (Lipinski definition) is 1. The second kappa shape index (κ2) is 6.90. The summed E-state index contributed by atoms with van der Waals surface area (Å²) in [4.78, 5) is 32.5. The van der Waals surface area contributed by atoms with E-state index in [1.165, 1.54) is 13.1 Å². The van der Waals surface area contributed by atoms with Gasteiger partial charge < -0.3 is 9.64 Å². The summed E-state index contributed by atoms with van der Waals surface area (Å²) in [6, 6.07) is 5.36. The van der Waals surface area contributed by atoms with Crippen LogP contribution in [0.3, 0.4) is 0 Å². The van der Waals surface area contributed by atoms with Crippen molar-refractivity contribution >= 4 is 5.82 Å².